The number of aromatic nitrogens is 1. The zero-order valence-electron chi connectivity index (χ0n) is 18.8. The fourth-order valence-electron chi connectivity index (χ4n) is 3.97. The molecule has 1 aromatic heterocycles. The highest BCUT2D eigenvalue weighted by molar-refractivity contribution is 7.89. The SMILES string of the molecule is CC(C)n1c(=O)sc2cc(S(=O)(=O)N3CCN(C(=O)[C@@H](C)Oc4ccccc4)CC3)ccc21. The van der Waals surface area contributed by atoms with Gasteiger partial charge in [0.25, 0.3) is 5.91 Å². The van der Waals surface area contributed by atoms with E-state index >= 15 is 0 Å². The first kappa shape index (κ1) is 23.5. The van der Waals surface area contributed by atoms with Crippen LogP contribution < -0.4 is 9.61 Å². The number of hydrogen-bond acceptors (Lipinski definition) is 6. The van der Waals surface area contributed by atoms with Gasteiger partial charge >= 0.3 is 4.87 Å². The van der Waals surface area contributed by atoms with Crippen LogP contribution >= 0.6 is 11.3 Å². The molecule has 2 heterocycles. The molecule has 10 heteroatoms. The molecule has 4 rings (SSSR count). The minimum Gasteiger partial charge on any atom is -0.481 e. The smallest absolute Gasteiger partial charge is 0.308 e. The quantitative estimate of drug-likeness (QED) is 0.531. The van der Waals surface area contributed by atoms with Gasteiger partial charge in [0.15, 0.2) is 6.10 Å². The van der Waals surface area contributed by atoms with E-state index in [1.165, 1.54) is 4.31 Å². The number of piperazine rings is 1. The maximum atomic E-state index is 13.2. The third-order valence-electron chi connectivity index (χ3n) is 5.69. The molecular weight excluding hydrogens is 462 g/mol. The van der Waals surface area contributed by atoms with E-state index in [-0.39, 0.29) is 34.8 Å². The highest BCUT2D eigenvalue weighted by Gasteiger charge is 2.32. The second-order valence-corrected chi connectivity index (χ2v) is 11.2. The Morgan fingerprint density at radius 1 is 1.00 bits per heavy atom. The predicted octanol–water partition coefficient (Wildman–Crippen LogP) is 2.94. The van der Waals surface area contributed by atoms with Crippen LogP contribution in [-0.2, 0) is 14.8 Å². The number of para-hydroxylation sites is 1. The number of thiazole rings is 1. The van der Waals surface area contributed by atoms with Crippen molar-refractivity contribution in [3.63, 3.8) is 0 Å². The molecular formula is C23H27N3O5S2. The van der Waals surface area contributed by atoms with E-state index < -0.39 is 16.1 Å². The first-order valence-electron chi connectivity index (χ1n) is 10.8. The van der Waals surface area contributed by atoms with E-state index in [1.807, 2.05) is 32.0 Å². The molecule has 176 valence electrons. The summed E-state index contributed by atoms with van der Waals surface area (Å²) in [5.41, 5.74) is 0.738. The highest BCUT2D eigenvalue weighted by atomic mass is 32.2. The van der Waals surface area contributed by atoms with Gasteiger partial charge in [-0.05, 0) is 51.1 Å². The maximum absolute atomic E-state index is 13.2. The van der Waals surface area contributed by atoms with Crippen molar-refractivity contribution in [1.29, 1.82) is 0 Å². The summed E-state index contributed by atoms with van der Waals surface area (Å²) in [6.45, 7) is 6.53. The van der Waals surface area contributed by atoms with Gasteiger partial charge in [0, 0.05) is 32.2 Å². The van der Waals surface area contributed by atoms with Gasteiger partial charge < -0.3 is 9.64 Å². The van der Waals surface area contributed by atoms with E-state index in [1.54, 1.807) is 46.7 Å². The molecule has 1 fully saturated rings. The molecule has 1 saturated heterocycles. The Bertz CT molecular complexity index is 1310. The van der Waals surface area contributed by atoms with Gasteiger partial charge in [-0.2, -0.15) is 4.31 Å². The lowest BCUT2D eigenvalue weighted by molar-refractivity contribution is -0.139. The third-order valence-corrected chi connectivity index (χ3v) is 8.51. The number of benzene rings is 2. The molecule has 2 aromatic carbocycles. The van der Waals surface area contributed by atoms with Crippen molar-refractivity contribution in [3.8, 4) is 5.75 Å². The molecule has 0 N–H and O–H groups in total. The number of ether oxygens (including phenoxy) is 1. The van der Waals surface area contributed by atoms with E-state index in [0.717, 1.165) is 16.9 Å². The molecule has 1 amide bonds. The largest absolute Gasteiger partial charge is 0.481 e. The van der Waals surface area contributed by atoms with E-state index in [2.05, 4.69) is 0 Å². The Morgan fingerprint density at radius 3 is 2.30 bits per heavy atom. The van der Waals surface area contributed by atoms with Crippen molar-refractivity contribution in [1.82, 2.24) is 13.8 Å². The minimum absolute atomic E-state index is 0.00687. The molecule has 0 saturated carbocycles. The second-order valence-electron chi connectivity index (χ2n) is 8.26. The first-order chi connectivity index (χ1) is 15.7. The number of hydrogen-bond donors (Lipinski definition) is 0. The van der Waals surface area contributed by atoms with Crippen LogP contribution in [0.1, 0.15) is 26.8 Å². The summed E-state index contributed by atoms with van der Waals surface area (Å²) in [5.74, 6) is 0.445. The van der Waals surface area contributed by atoms with Gasteiger partial charge in [0.05, 0.1) is 15.1 Å². The van der Waals surface area contributed by atoms with Gasteiger partial charge in [0.1, 0.15) is 5.75 Å². The number of sulfonamides is 1. The molecule has 33 heavy (non-hydrogen) atoms. The molecule has 1 aliphatic rings. The van der Waals surface area contributed by atoms with Crippen LogP contribution in [0.25, 0.3) is 10.2 Å². The van der Waals surface area contributed by atoms with Crippen LogP contribution in [0.15, 0.2) is 58.2 Å². The molecule has 0 spiro atoms. The molecule has 0 radical (unpaired) electrons. The normalized spacial score (nSPS) is 16.3. The van der Waals surface area contributed by atoms with Gasteiger partial charge in [-0.3, -0.25) is 14.2 Å². The lowest BCUT2D eigenvalue weighted by Gasteiger charge is -2.35. The molecule has 8 nitrogen and oxygen atoms in total. The molecule has 0 bridgehead atoms. The number of fused-ring (bicyclic) bond motifs is 1. The van der Waals surface area contributed by atoms with Crippen LogP contribution in [0.3, 0.4) is 0 Å². The number of nitrogens with zero attached hydrogens (tertiary/aromatic N) is 3. The molecule has 1 aliphatic heterocycles. The van der Waals surface area contributed by atoms with E-state index in [0.29, 0.717) is 23.5 Å². The average Bonchev–Trinajstić information content (AvgIpc) is 3.14. The van der Waals surface area contributed by atoms with Gasteiger partial charge in [-0.25, -0.2) is 8.42 Å². The summed E-state index contributed by atoms with van der Waals surface area (Å²) in [6, 6.07) is 13.9. The zero-order chi connectivity index (χ0) is 23.8. The van der Waals surface area contributed by atoms with Crippen molar-refractivity contribution in [2.45, 2.75) is 37.8 Å². The number of carbonyl (C=O) groups is 1. The Kier molecular flexibility index (Phi) is 6.60. The van der Waals surface area contributed by atoms with E-state index in [4.69, 9.17) is 4.74 Å². The van der Waals surface area contributed by atoms with Gasteiger partial charge in [-0.1, -0.05) is 29.5 Å². The van der Waals surface area contributed by atoms with Gasteiger partial charge in [0.2, 0.25) is 10.0 Å². The molecule has 3 aromatic rings. The Labute approximate surface area is 197 Å². The Hall–Kier alpha value is -2.69. The highest BCUT2D eigenvalue weighted by Crippen LogP contribution is 2.26. The van der Waals surface area contributed by atoms with Crippen molar-refractivity contribution in [2.75, 3.05) is 26.2 Å². The summed E-state index contributed by atoms with van der Waals surface area (Å²) >= 11 is 1.05. The van der Waals surface area contributed by atoms with Crippen molar-refractivity contribution >= 4 is 37.5 Å². The molecule has 1 atom stereocenters. The summed E-state index contributed by atoms with van der Waals surface area (Å²) in [4.78, 5) is 26.7. The standard InChI is InChI=1S/C23H27N3O5S2/c1-16(2)26-20-10-9-19(15-21(20)32-23(26)28)33(29,30)25-13-11-24(12-14-25)22(27)17(3)31-18-7-5-4-6-8-18/h4-10,15-17H,11-14H2,1-3H3/t17-/m1/s1. The summed E-state index contributed by atoms with van der Waals surface area (Å²) in [6.07, 6.45) is -0.661. The van der Waals surface area contributed by atoms with Crippen LogP contribution in [-0.4, -0.2) is 60.4 Å². The number of rotatable bonds is 6. The van der Waals surface area contributed by atoms with Crippen molar-refractivity contribution in [3.05, 3.63) is 58.2 Å². The lowest BCUT2D eigenvalue weighted by Crippen LogP contribution is -2.53. The summed E-state index contributed by atoms with van der Waals surface area (Å²) < 4.78 is 35.9. The van der Waals surface area contributed by atoms with E-state index in [9.17, 15) is 18.0 Å². The zero-order valence-corrected chi connectivity index (χ0v) is 20.4. The van der Waals surface area contributed by atoms with Crippen LogP contribution in [0.4, 0.5) is 0 Å². The lowest BCUT2D eigenvalue weighted by atomic mass is 10.3. The fraction of sp³-hybridized carbons (Fsp3) is 0.391. The van der Waals surface area contributed by atoms with Gasteiger partial charge in [-0.15, -0.1) is 0 Å². The maximum Gasteiger partial charge on any atom is 0.308 e. The number of carbonyl (C=O) groups excluding carboxylic acids is 1. The summed E-state index contributed by atoms with van der Waals surface area (Å²) in [7, 11) is -3.74. The topological polar surface area (TPSA) is 88.9 Å². The molecule has 0 unspecified atom stereocenters. The molecule has 0 aliphatic carbocycles. The van der Waals surface area contributed by atoms with Crippen molar-refractivity contribution in [2.24, 2.45) is 0 Å². The van der Waals surface area contributed by atoms with Crippen LogP contribution in [0.5, 0.6) is 5.75 Å². The number of amides is 1. The fourth-order valence-corrected chi connectivity index (χ4v) is 6.55. The predicted molar refractivity (Wildman–Crippen MR) is 128 cm³/mol. The average molecular weight is 490 g/mol. The minimum atomic E-state index is -3.74. The Morgan fingerprint density at radius 2 is 1.67 bits per heavy atom. The Balaban J connectivity index is 1.44. The van der Waals surface area contributed by atoms with Crippen LogP contribution in [0, 0.1) is 0 Å². The third kappa shape index (κ3) is 4.68. The first-order valence-corrected chi connectivity index (χ1v) is 13.1. The summed E-state index contributed by atoms with van der Waals surface area (Å²) in [5, 5.41) is 0. The van der Waals surface area contributed by atoms with Crippen LogP contribution in [0.2, 0.25) is 0 Å². The monoisotopic (exact) mass is 489 g/mol. The van der Waals surface area contributed by atoms with Crippen molar-refractivity contribution < 1.29 is 17.9 Å². The second kappa shape index (κ2) is 9.28.